The van der Waals surface area contributed by atoms with Crippen LogP contribution in [0.25, 0.3) is 0 Å². The predicted octanol–water partition coefficient (Wildman–Crippen LogP) is 2.65. The lowest BCUT2D eigenvalue weighted by Gasteiger charge is -2.56. The summed E-state index contributed by atoms with van der Waals surface area (Å²) >= 11 is 0. The van der Waals surface area contributed by atoms with E-state index in [0.717, 1.165) is 35.6 Å². The molecular formula is C22H33N2O2+. The molecule has 3 N–H and O–H groups in total. The standard InChI is InChI=1S/C22H32N2O2/c1-15(19-5-3-4-6-20(19)26-2)23-13-21(25)24-14-22-10-16-7-17(11-22)9-18(8-16)12-22/h3-6,15-18,23H,7-14H2,1-2H3,(H,24,25)/p+1/t15-,16?,17?,18?,22?/m0/s1. The zero-order valence-corrected chi connectivity index (χ0v) is 16.2. The second-order valence-corrected chi connectivity index (χ2v) is 9.16. The Morgan fingerprint density at radius 3 is 2.42 bits per heavy atom. The number of amides is 1. The van der Waals surface area contributed by atoms with E-state index in [4.69, 9.17) is 4.74 Å². The molecule has 0 aromatic heterocycles. The molecule has 26 heavy (non-hydrogen) atoms. The van der Waals surface area contributed by atoms with Crippen molar-refractivity contribution in [2.45, 2.75) is 51.5 Å². The number of ether oxygens (including phenoxy) is 1. The van der Waals surface area contributed by atoms with E-state index in [9.17, 15) is 4.79 Å². The maximum absolute atomic E-state index is 12.5. The van der Waals surface area contributed by atoms with Gasteiger partial charge < -0.3 is 15.4 Å². The zero-order valence-electron chi connectivity index (χ0n) is 16.2. The minimum absolute atomic E-state index is 0.169. The highest BCUT2D eigenvalue weighted by Crippen LogP contribution is 2.59. The second kappa shape index (κ2) is 7.22. The highest BCUT2D eigenvalue weighted by atomic mass is 16.5. The lowest BCUT2D eigenvalue weighted by molar-refractivity contribution is -0.682. The number of hydrogen-bond donors (Lipinski definition) is 2. The summed E-state index contributed by atoms with van der Waals surface area (Å²) in [7, 11) is 1.70. The first-order valence-corrected chi connectivity index (χ1v) is 10.3. The van der Waals surface area contributed by atoms with Gasteiger partial charge >= 0.3 is 0 Å². The van der Waals surface area contributed by atoms with Crippen molar-refractivity contribution >= 4 is 5.91 Å². The lowest BCUT2D eigenvalue weighted by atomic mass is 9.49. The Morgan fingerprint density at radius 2 is 1.81 bits per heavy atom. The van der Waals surface area contributed by atoms with Crippen LogP contribution >= 0.6 is 0 Å². The molecule has 0 saturated heterocycles. The number of quaternary nitrogens is 1. The molecule has 5 rings (SSSR count). The third kappa shape index (κ3) is 3.62. The summed E-state index contributed by atoms with van der Waals surface area (Å²) in [6.45, 7) is 3.50. The molecule has 0 unspecified atom stereocenters. The van der Waals surface area contributed by atoms with Crippen LogP contribution in [0.2, 0.25) is 0 Å². The number of carbonyl (C=O) groups is 1. The van der Waals surface area contributed by atoms with Crippen LogP contribution in [0.1, 0.15) is 57.1 Å². The summed E-state index contributed by atoms with van der Waals surface area (Å²) in [5.74, 6) is 3.88. The van der Waals surface area contributed by atoms with Crippen LogP contribution in [0.4, 0.5) is 0 Å². The Morgan fingerprint density at radius 1 is 1.19 bits per heavy atom. The lowest BCUT2D eigenvalue weighted by Crippen LogP contribution is -2.87. The van der Waals surface area contributed by atoms with E-state index in [-0.39, 0.29) is 11.9 Å². The summed E-state index contributed by atoms with van der Waals surface area (Å²) in [5.41, 5.74) is 1.56. The molecule has 142 valence electrons. The van der Waals surface area contributed by atoms with Gasteiger partial charge in [-0.05, 0) is 80.8 Å². The molecule has 4 aliphatic rings. The first-order chi connectivity index (χ1) is 12.6. The normalized spacial score (nSPS) is 33.1. The van der Waals surface area contributed by atoms with Gasteiger partial charge in [0, 0.05) is 6.54 Å². The van der Waals surface area contributed by atoms with Gasteiger partial charge in [0.2, 0.25) is 0 Å². The number of benzene rings is 1. The summed E-state index contributed by atoms with van der Waals surface area (Å²) in [6, 6.07) is 8.26. The molecule has 4 nitrogen and oxygen atoms in total. The van der Waals surface area contributed by atoms with E-state index in [1.165, 1.54) is 38.5 Å². The van der Waals surface area contributed by atoms with Crippen molar-refractivity contribution in [3.8, 4) is 5.75 Å². The monoisotopic (exact) mass is 357 g/mol. The number of hydrogen-bond acceptors (Lipinski definition) is 2. The van der Waals surface area contributed by atoms with E-state index >= 15 is 0 Å². The molecule has 1 aromatic rings. The summed E-state index contributed by atoms with van der Waals surface area (Å²) in [6.07, 6.45) is 8.41. The molecule has 1 amide bonds. The predicted molar refractivity (Wildman–Crippen MR) is 102 cm³/mol. The van der Waals surface area contributed by atoms with Gasteiger partial charge in [-0.25, -0.2) is 0 Å². The van der Waals surface area contributed by atoms with Crippen molar-refractivity contribution in [2.24, 2.45) is 23.2 Å². The fourth-order valence-electron chi connectivity index (χ4n) is 6.32. The quantitative estimate of drug-likeness (QED) is 0.788. The minimum Gasteiger partial charge on any atom is -0.496 e. The molecule has 4 fully saturated rings. The third-order valence-corrected chi connectivity index (χ3v) is 7.11. The average molecular weight is 358 g/mol. The molecule has 0 spiro atoms. The van der Waals surface area contributed by atoms with Crippen LogP contribution < -0.4 is 15.4 Å². The van der Waals surface area contributed by atoms with Gasteiger partial charge in [-0.2, -0.15) is 0 Å². The highest BCUT2D eigenvalue weighted by molar-refractivity contribution is 5.76. The van der Waals surface area contributed by atoms with E-state index in [0.29, 0.717) is 12.0 Å². The minimum atomic E-state index is 0.169. The van der Waals surface area contributed by atoms with Gasteiger partial charge in [-0.3, -0.25) is 4.79 Å². The Labute approximate surface area is 157 Å². The van der Waals surface area contributed by atoms with Crippen LogP contribution in [-0.4, -0.2) is 26.1 Å². The van der Waals surface area contributed by atoms with Gasteiger partial charge in [0.15, 0.2) is 6.54 Å². The van der Waals surface area contributed by atoms with Crippen molar-refractivity contribution in [3.05, 3.63) is 29.8 Å². The molecular weight excluding hydrogens is 324 g/mol. The first-order valence-electron chi connectivity index (χ1n) is 10.3. The molecule has 4 aliphatic carbocycles. The number of nitrogens with two attached hydrogens (primary N) is 1. The Kier molecular flexibility index (Phi) is 4.96. The van der Waals surface area contributed by atoms with Crippen molar-refractivity contribution in [2.75, 3.05) is 20.2 Å². The van der Waals surface area contributed by atoms with Crippen LogP contribution in [0.5, 0.6) is 5.75 Å². The summed E-state index contributed by atoms with van der Waals surface area (Å²) in [5, 5.41) is 5.38. The smallest absolute Gasteiger partial charge is 0.275 e. The number of nitrogens with one attached hydrogen (secondary N) is 1. The van der Waals surface area contributed by atoms with E-state index in [2.05, 4.69) is 23.6 Å². The maximum atomic E-state index is 12.5. The van der Waals surface area contributed by atoms with E-state index in [1.54, 1.807) is 7.11 Å². The van der Waals surface area contributed by atoms with Gasteiger partial charge in [0.1, 0.15) is 11.8 Å². The Balaban J connectivity index is 1.27. The SMILES string of the molecule is COc1ccccc1[C@H](C)[NH2+]CC(=O)NCC12CC3CC(CC(C3)C1)C2. The van der Waals surface area contributed by atoms with Crippen LogP contribution in [0.3, 0.4) is 0 Å². The van der Waals surface area contributed by atoms with E-state index < -0.39 is 0 Å². The molecule has 0 heterocycles. The second-order valence-electron chi connectivity index (χ2n) is 9.16. The maximum Gasteiger partial charge on any atom is 0.275 e. The molecule has 4 saturated carbocycles. The number of para-hydroxylation sites is 1. The van der Waals surface area contributed by atoms with Crippen molar-refractivity contribution in [1.82, 2.24) is 5.32 Å². The molecule has 0 radical (unpaired) electrons. The first kappa shape index (κ1) is 17.8. The average Bonchev–Trinajstić information content (AvgIpc) is 2.63. The van der Waals surface area contributed by atoms with Gasteiger partial charge in [0.05, 0.1) is 12.7 Å². The number of methoxy groups -OCH3 is 1. The fourth-order valence-corrected chi connectivity index (χ4v) is 6.32. The molecule has 1 atom stereocenters. The topological polar surface area (TPSA) is 54.9 Å². The Hall–Kier alpha value is -1.55. The highest BCUT2D eigenvalue weighted by Gasteiger charge is 2.50. The van der Waals surface area contributed by atoms with E-state index in [1.807, 2.05) is 18.2 Å². The largest absolute Gasteiger partial charge is 0.496 e. The molecule has 0 aliphatic heterocycles. The van der Waals surface area contributed by atoms with Gasteiger partial charge in [-0.15, -0.1) is 0 Å². The zero-order chi connectivity index (χ0) is 18.1. The molecule has 4 bridgehead atoms. The van der Waals surface area contributed by atoms with Crippen molar-refractivity contribution in [1.29, 1.82) is 0 Å². The molecule has 1 aromatic carbocycles. The van der Waals surface area contributed by atoms with Gasteiger partial charge in [0.25, 0.3) is 5.91 Å². The fraction of sp³-hybridized carbons (Fsp3) is 0.682. The number of rotatable bonds is 7. The summed E-state index contributed by atoms with van der Waals surface area (Å²) in [4.78, 5) is 12.5. The van der Waals surface area contributed by atoms with Crippen LogP contribution in [-0.2, 0) is 4.79 Å². The Bertz CT molecular complexity index is 622. The summed E-state index contributed by atoms with van der Waals surface area (Å²) < 4.78 is 5.44. The van der Waals surface area contributed by atoms with Crippen LogP contribution in [0.15, 0.2) is 24.3 Å². The van der Waals surface area contributed by atoms with Crippen molar-refractivity contribution in [3.63, 3.8) is 0 Å². The number of carbonyl (C=O) groups excluding carboxylic acids is 1. The third-order valence-electron chi connectivity index (χ3n) is 7.11. The molecule has 4 heteroatoms. The van der Waals surface area contributed by atoms with Crippen LogP contribution in [0, 0.1) is 23.2 Å². The van der Waals surface area contributed by atoms with Gasteiger partial charge in [-0.1, -0.05) is 12.1 Å². The van der Waals surface area contributed by atoms with Crippen molar-refractivity contribution < 1.29 is 14.8 Å².